The van der Waals surface area contributed by atoms with E-state index in [1.807, 2.05) is 32.2 Å². The first kappa shape index (κ1) is 23.8. The zero-order valence-corrected chi connectivity index (χ0v) is 20.2. The van der Waals surface area contributed by atoms with Gasteiger partial charge in [-0.25, -0.2) is 13.6 Å². The van der Waals surface area contributed by atoms with Gasteiger partial charge in [0, 0.05) is 46.1 Å². The fourth-order valence-electron chi connectivity index (χ4n) is 5.23. The Labute approximate surface area is 207 Å². The number of aromatic nitrogens is 1. The van der Waals surface area contributed by atoms with E-state index in [2.05, 4.69) is 15.6 Å². The summed E-state index contributed by atoms with van der Waals surface area (Å²) in [6, 6.07) is 8.34. The number of aryl methyl sites for hydroxylation is 2. The second kappa shape index (κ2) is 8.96. The van der Waals surface area contributed by atoms with Crippen LogP contribution in [0.2, 0.25) is 0 Å². The minimum atomic E-state index is -1.10. The Morgan fingerprint density at radius 1 is 1.14 bits per heavy atom. The smallest absolute Gasteiger partial charge is 0.407 e. The lowest BCUT2D eigenvalue weighted by Gasteiger charge is -2.38. The summed E-state index contributed by atoms with van der Waals surface area (Å²) in [5, 5.41) is 5.49. The van der Waals surface area contributed by atoms with E-state index in [1.54, 1.807) is 12.1 Å². The highest BCUT2D eigenvalue weighted by molar-refractivity contribution is 5.98. The largest absolute Gasteiger partial charge is 0.493 e. The summed E-state index contributed by atoms with van der Waals surface area (Å²) in [5.74, 6) is -3.02. The van der Waals surface area contributed by atoms with E-state index in [-0.39, 0.29) is 12.4 Å². The van der Waals surface area contributed by atoms with Crippen molar-refractivity contribution in [3.63, 3.8) is 0 Å². The third-order valence-corrected chi connectivity index (χ3v) is 7.25. The van der Waals surface area contributed by atoms with Gasteiger partial charge >= 0.3 is 6.09 Å². The van der Waals surface area contributed by atoms with Crippen LogP contribution in [0.15, 0.2) is 42.6 Å². The van der Waals surface area contributed by atoms with Crippen LogP contribution in [0.1, 0.15) is 35.6 Å². The Morgan fingerprint density at radius 3 is 2.44 bits per heavy atom. The molecule has 1 aromatic heterocycles. The third-order valence-electron chi connectivity index (χ3n) is 7.25. The molecule has 0 radical (unpaired) electrons. The second-order valence-corrected chi connectivity index (χ2v) is 9.58. The van der Waals surface area contributed by atoms with E-state index < -0.39 is 41.0 Å². The van der Waals surface area contributed by atoms with Gasteiger partial charge in [-0.1, -0.05) is 12.1 Å². The molecule has 1 unspecified atom stereocenters. The standard InChI is InChI=1S/C27H27F2N3O4/c1-14-12-30-15(2)22(14)16-4-6-17(7-5-16)31-25(33)24(32-26(34)35-3)23-18-10-19(28)20(29)11-21(18)36-13-27(23)8-9-27/h4-7,10-12,23-24,30H,8-9,13H2,1-3H3,(H,31,33)(H,32,34)/t23?,24-/m0/s1. The molecule has 1 aliphatic heterocycles. The molecular formula is C27H27F2N3O4. The highest BCUT2D eigenvalue weighted by atomic mass is 19.2. The van der Waals surface area contributed by atoms with Gasteiger partial charge in [0.2, 0.25) is 5.91 Å². The van der Waals surface area contributed by atoms with Gasteiger partial charge in [0.15, 0.2) is 11.6 Å². The van der Waals surface area contributed by atoms with Crippen molar-refractivity contribution in [1.29, 1.82) is 0 Å². The molecule has 2 aliphatic rings. The highest BCUT2D eigenvalue weighted by Crippen LogP contribution is 2.61. The fraction of sp³-hybridized carbons (Fsp3) is 0.333. The van der Waals surface area contributed by atoms with E-state index in [0.717, 1.165) is 47.4 Å². The molecule has 5 rings (SSSR count). The molecule has 2 atom stereocenters. The zero-order valence-electron chi connectivity index (χ0n) is 20.2. The van der Waals surface area contributed by atoms with Gasteiger partial charge in [-0.15, -0.1) is 0 Å². The van der Waals surface area contributed by atoms with Gasteiger partial charge in [-0.2, -0.15) is 0 Å². The SMILES string of the molecule is COC(=O)N[C@H](C(=O)Nc1ccc(-c2c(C)c[nH]c2C)cc1)C1c2cc(F)c(F)cc2OCC12CC2. The van der Waals surface area contributed by atoms with E-state index in [1.165, 1.54) is 7.11 Å². The number of anilines is 1. The number of carbonyl (C=O) groups is 2. The van der Waals surface area contributed by atoms with Crippen LogP contribution in [0.4, 0.5) is 19.3 Å². The number of carbonyl (C=O) groups excluding carboxylic acids is 2. The molecule has 3 aromatic rings. The zero-order chi connectivity index (χ0) is 25.6. The number of alkyl carbamates (subject to hydrolysis) is 1. The van der Waals surface area contributed by atoms with Crippen molar-refractivity contribution in [2.24, 2.45) is 5.41 Å². The molecule has 2 heterocycles. The average molecular weight is 496 g/mol. The minimum absolute atomic E-state index is 0.169. The summed E-state index contributed by atoms with van der Waals surface area (Å²) in [4.78, 5) is 29.0. The predicted molar refractivity (Wildman–Crippen MR) is 130 cm³/mol. The molecule has 2 amide bonds. The number of hydrogen-bond donors (Lipinski definition) is 3. The summed E-state index contributed by atoms with van der Waals surface area (Å²) in [6.07, 6.45) is 2.60. The van der Waals surface area contributed by atoms with Gasteiger partial charge in [-0.05, 0) is 56.0 Å². The van der Waals surface area contributed by atoms with Crippen molar-refractivity contribution in [2.75, 3.05) is 19.0 Å². The van der Waals surface area contributed by atoms with Gasteiger partial charge in [-0.3, -0.25) is 4.79 Å². The summed E-state index contributed by atoms with van der Waals surface area (Å²) < 4.78 is 38.7. The number of benzene rings is 2. The number of amides is 2. The molecule has 0 saturated heterocycles. The maximum Gasteiger partial charge on any atom is 0.407 e. The number of fused-ring (bicyclic) bond motifs is 1. The highest BCUT2D eigenvalue weighted by Gasteiger charge is 2.58. The van der Waals surface area contributed by atoms with E-state index in [4.69, 9.17) is 9.47 Å². The maximum absolute atomic E-state index is 14.3. The molecule has 1 spiro atoms. The van der Waals surface area contributed by atoms with Crippen LogP contribution in [0.25, 0.3) is 11.1 Å². The van der Waals surface area contributed by atoms with Crippen molar-refractivity contribution >= 4 is 17.7 Å². The number of hydrogen-bond acceptors (Lipinski definition) is 4. The normalized spacial score (nSPS) is 18.1. The molecule has 7 nitrogen and oxygen atoms in total. The first-order chi connectivity index (χ1) is 17.2. The summed E-state index contributed by atoms with van der Waals surface area (Å²) in [6.45, 7) is 4.26. The first-order valence-electron chi connectivity index (χ1n) is 11.7. The number of nitrogens with one attached hydrogen (secondary N) is 3. The Balaban J connectivity index is 1.46. The monoisotopic (exact) mass is 495 g/mol. The molecule has 2 aromatic carbocycles. The molecular weight excluding hydrogens is 468 g/mol. The molecule has 0 bridgehead atoms. The Morgan fingerprint density at radius 2 is 1.83 bits per heavy atom. The topological polar surface area (TPSA) is 92.5 Å². The number of H-pyrrole nitrogens is 1. The van der Waals surface area contributed by atoms with Crippen LogP contribution in [-0.2, 0) is 9.53 Å². The van der Waals surface area contributed by atoms with Crippen molar-refractivity contribution in [2.45, 2.75) is 38.6 Å². The Hall–Kier alpha value is -3.88. The minimum Gasteiger partial charge on any atom is -0.493 e. The molecule has 36 heavy (non-hydrogen) atoms. The summed E-state index contributed by atoms with van der Waals surface area (Å²) in [5.41, 5.74) is 4.68. The van der Waals surface area contributed by atoms with Crippen molar-refractivity contribution < 1.29 is 27.8 Å². The van der Waals surface area contributed by atoms with Crippen LogP contribution < -0.4 is 15.4 Å². The van der Waals surface area contributed by atoms with Crippen LogP contribution in [0, 0.1) is 30.9 Å². The van der Waals surface area contributed by atoms with Crippen LogP contribution in [-0.4, -0.2) is 36.7 Å². The first-order valence-corrected chi connectivity index (χ1v) is 11.7. The predicted octanol–water partition coefficient (Wildman–Crippen LogP) is 5.20. The molecule has 1 fully saturated rings. The Kier molecular flexibility index (Phi) is 5.94. The summed E-state index contributed by atoms with van der Waals surface area (Å²) >= 11 is 0. The number of methoxy groups -OCH3 is 1. The Bertz CT molecular complexity index is 1310. The van der Waals surface area contributed by atoms with Gasteiger partial charge in [0.25, 0.3) is 0 Å². The van der Waals surface area contributed by atoms with Crippen LogP contribution >= 0.6 is 0 Å². The maximum atomic E-state index is 14.3. The second-order valence-electron chi connectivity index (χ2n) is 9.58. The lowest BCUT2D eigenvalue weighted by atomic mass is 9.76. The van der Waals surface area contributed by atoms with Crippen LogP contribution in [0.5, 0.6) is 5.75 Å². The third kappa shape index (κ3) is 4.19. The van der Waals surface area contributed by atoms with Gasteiger partial charge < -0.3 is 25.1 Å². The lowest BCUT2D eigenvalue weighted by molar-refractivity contribution is -0.119. The van der Waals surface area contributed by atoms with E-state index >= 15 is 0 Å². The summed E-state index contributed by atoms with van der Waals surface area (Å²) in [7, 11) is 1.20. The molecule has 188 valence electrons. The van der Waals surface area contributed by atoms with E-state index in [0.29, 0.717) is 11.3 Å². The fourth-order valence-corrected chi connectivity index (χ4v) is 5.23. The number of ether oxygens (including phenoxy) is 2. The van der Waals surface area contributed by atoms with Crippen molar-refractivity contribution in [1.82, 2.24) is 10.3 Å². The number of aromatic amines is 1. The molecule has 1 saturated carbocycles. The number of rotatable bonds is 5. The molecule has 9 heteroatoms. The van der Waals surface area contributed by atoms with E-state index in [9.17, 15) is 18.4 Å². The van der Waals surface area contributed by atoms with Gasteiger partial charge in [0.05, 0.1) is 13.7 Å². The van der Waals surface area contributed by atoms with Crippen molar-refractivity contribution in [3.05, 3.63) is 71.1 Å². The number of halogens is 2. The lowest BCUT2D eigenvalue weighted by Crippen LogP contribution is -2.51. The quantitative estimate of drug-likeness (QED) is 0.454. The average Bonchev–Trinajstić information content (AvgIpc) is 3.55. The van der Waals surface area contributed by atoms with Gasteiger partial charge in [0.1, 0.15) is 11.8 Å². The van der Waals surface area contributed by atoms with Crippen molar-refractivity contribution in [3.8, 4) is 16.9 Å². The molecule has 1 aliphatic carbocycles. The molecule has 3 N–H and O–H groups in total. The van der Waals surface area contributed by atoms with Crippen LogP contribution in [0.3, 0.4) is 0 Å².